The van der Waals surface area contributed by atoms with Crippen molar-refractivity contribution in [2.75, 3.05) is 31.2 Å². The summed E-state index contributed by atoms with van der Waals surface area (Å²) in [6.45, 7) is 6.41. The SMILES string of the molecule is CCCCN1C(=O)/C(=C2/SC(=S)N(CCCOCC)C2=O)c2cc(Br)ccc21. The molecule has 150 valence electrons. The molecule has 0 atom stereocenters. The number of halogens is 1. The molecule has 0 aromatic heterocycles. The number of amides is 2. The number of hydrogen-bond donors (Lipinski definition) is 0. The van der Waals surface area contributed by atoms with E-state index in [0.29, 0.717) is 47.5 Å². The first kappa shape index (κ1) is 21.5. The first-order valence-electron chi connectivity index (χ1n) is 9.47. The van der Waals surface area contributed by atoms with Crippen LogP contribution in [-0.4, -0.2) is 47.3 Å². The van der Waals surface area contributed by atoms with Crippen LogP contribution in [0.15, 0.2) is 27.6 Å². The summed E-state index contributed by atoms with van der Waals surface area (Å²) < 4.78 is 6.73. The second-order valence-electron chi connectivity index (χ2n) is 6.55. The van der Waals surface area contributed by atoms with Gasteiger partial charge in [0.1, 0.15) is 4.32 Å². The molecule has 0 bridgehead atoms. The van der Waals surface area contributed by atoms with Crippen molar-refractivity contribution in [3.8, 4) is 0 Å². The lowest BCUT2D eigenvalue weighted by Gasteiger charge is -2.16. The van der Waals surface area contributed by atoms with Gasteiger partial charge in [0.25, 0.3) is 11.8 Å². The summed E-state index contributed by atoms with van der Waals surface area (Å²) in [5, 5.41) is 0. The third-order valence-corrected chi connectivity index (χ3v) is 6.61. The second kappa shape index (κ2) is 9.52. The van der Waals surface area contributed by atoms with Crippen molar-refractivity contribution in [2.45, 2.75) is 33.1 Å². The topological polar surface area (TPSA) is 49.9 Å². The molecule has 5 nitrogen and oxygen atoms in total. The van der Waals surface area contributed by atoms with Crippen molar-refractivity contribution in [1.29, 1.82) is 0 Å². The molecule has 2 amide bonds. The van der Waals surface area contributed by atoms with Crippen LogP contribution in [0.3, 0.4) is 0 Å². The third kappa shape index (κ3) is 4.20. The van der Waals surface area contributed by atoms with Crippen molar-refractivity contribution in [3.05, 3.63) is 33.1 Å². The lowest BCUT2D eigenvalue weighted by atomic mass is 10.1. The van der Waals surface area contributed by atoms with Gasteiger partial charge in [-0.15, -0.1) is 0 Å². The monoisotopic (exact) mass is 482 g/mol. The van der Waals surface area contributed by atoms with Crippen LogP contribution in [0.2, 0.25) is 0 Å². The lowest BCUT2D eigenvalue weighted by Crippen LogP contribution is -2.31. The van der Waals surface area contributed by atoms with Crippen molar-refractivity contribution < 1.29 is 14.3 Å². The van der Waals surface area contributed by atoms with Gasteiger partial charge in [-0.2, -0.15) is 0 Å². The summed E-state index contributed by atoms with van der Waals surface area (Å²) in [5.41, 5.74) is 2.13. The Bertz CT molecular complexity index is 841. The quantitative estimate of drug-likeness (QED) is 0.308. The van der Waals surface area contributed by atoms with E-state index in [2.05, 4.69) is 22.9 Å². The van der Waals surface area contributed by atoms with Crippen LogP contribution in [-0.2, 0) is 14.3 Å². The summed E-state index contributed by atoms with van der Waals surface area (Å²) in [6, 6.07) is 5.77. The van der Waals surface area contributed by atoms with Gasteiger partial charge in [0.2, 0.25) is 0 Å². The summed E-state index contributed by atoms with van der Waals surface area (Å²) in [4.78, 5) is 30.1. The number of ether oxygens (including phenoxy) is 1. The Morgan fingerprint density at radius 3 is 2.57 bits per heavy atom. The van der Waals surface area contributed by atoms with Gasteiger partial charge in [0.05, 0.1) is 16.2 Å². The first-order chi connectivity index (χ1) is 13.5. The minimum Gasteiger partial charge on any atom is -0.382 e. The molecule has 0 N–H and O–H groups in total. The minimum absolute atomic E-state index is 0.114. The molecule has 3 rings (SSSR count). The summed E-state index contributed by atoms with van der Waals surface area (Å²) in [7, 11) is 0. The maximum atomic E-state index is 13.2. The number of nitrogens with zero attached hydrogens (tertiary/aromatic N) is 2. The fourth-order valence-electron chi connectivity index (χ4n) is 3.27. The maximum Gasteiger partial charge on any atom is 0.267 e. The average Bonchev–Trinajstić information content (AvgIpc) is 3.09. The fraction of sp³-hybridized carbons (Fsp3) is 0.450. The summed E-state index contributed by atoms with van der Waals surface area (Å²) >= 11 is 10.1. The van der Waals surface area contributed by atoms with Crippen molar-refractivity contribution in [2.24, 2.45) is 0 Å². The maximum absolute atomic E-state index is 13.2. The van der Waals surface area contributed by atoms with Crippen LogP contribution in [0.4, 0.5) is 5.69 Å². The average molecular weight is 483 g/mol. The van der Waals surface area contributed by atoms with Gasteiger partial charge in [-0.1, -0.05) is 53.3 Å². The molecule has 2 aliphatic rings. The molecule has 0 spiro atoms. The molecule has 2 heterocycles. The number of fused-ring (bicyclic) bond motifs is 1. The van der Waals surface area contributed by atoms with Gasteiger partial charge in [0, 0.05) is 36.3 Å². The highest BCUT2D eigenvalue weighted by atomic mass is 79.9. The zero-order valence-electron chi connectivity index (χ0n) is 16.0. The summed E-state index contributed by atoms with van der Waals surface area (Å²) in [6.07, 6.45) is 2.61. The van der Waals surface area contributed by atoms with Crippen molar-refractivity contribution in [3.63, 3.8) is 0 Å². The van der Waals surface area contributed by atoms with E-state index in [-0.39, 0.29) is 11.8 Å². The number of rotatable bonds is 8. The predicted octanol–water partition coefficient (Wildman–Crippen LogP) is 4.59. The normalized spacial score (nSPS) is 19.2. The van der Waals surface area contributed by atoms with Crippen LogP contribution in [0.1, 0.15) is 38.7 Å². The van der Waals surface area contributed by atoms with E-state index < -0.39 is 0 Å². The minimum atomic E-state index is -0.182. The Morgan fingerprint density at radius 1 is 1.11 bits per heavy atom. The lowest BCUT2D eigenvalue weighted by molar-refractivity contribution is -0.122. The molecule has 1 aromatic carbocycles. The molecule has 1 saturated heterocycles. The molecule has 0 unspecified atom stereocenters. The van der Waals surface area contributed by atoms with Crippen LogP contribution in [0.25, 0.3) is 5.57 Å². The van der Waals surface area contributed by atoms with Crippen LogP contribution in [0, 0.1) is 0 Å². The number of thioether (sulfide) groups is 1. The van der Waals surface area contributed by atoms with Gasteiger partial charge < -0.3 is 9.64 Å². The van der Waals surface area contributed by atoms with Gasteiger partial charge in [-0.25, -0.2) is 0 Å². The smallest absolute Gasteiger partial charge is 0.267 e. The third-order valence-electron chi connectivity index (χ3n) is 4.66. The number of anilines is 1. The standard InChI is InChI=1S/C20H23BrN2O3S2/c1-3-5-9-22-15-8-7-13(21)12-14(15)16(18(22)24)17-19(25)23(20(27)28-17)10-6-11-26-4-2/h7-8,12H,3-6,9-11H2,1-2H3/b17-16+. The molecule has 1 aromatic rings. The van der Waals surface area contributed by atoms with Gasteiger partial charge in [-0.05, 0) is 38.0 Å². The Kier molecular flexibility index (Phi) is 7.31. The first-order valence-corrected chi connectivity index (χ1v) is 11.5. The van der Waals surface area contributed by atoms with Gasteiger partial charge in [0.15, 0.2) is 0 Å². The van der Waals surface area contributed by atoms with Crippen LogP contribution >= 0.6 is 39.9 Å². The zero-order chi connectivity index (χ0) is 20.3. The highest BCUT2D eigenvalue weighted by Crippen LogP contribution is 2.45. The molecular weight excluding hydrogens is 460 g/mol. The molecule has 1 fully saturated rings. The van der Waals surface area contributed by atoms with E-state index in [1.165, 1.54) is 11.8 Å². The van der Waals surface area contributed by atoms with Crippen LogP contribution < -0.4 is 4.90 Å². The Balaban J connectivity index is 1.94. The summed E-state index contributed by atoms with van der Waals surface area (Å²) in [5.74, 6) is -0.297. The molecule has 2 aliphatic heterocycles. The van der Waals surface area contributed by atoms with Gasteiger partial charge in [-0.3, -0.25) is 14.5 Å². The van der Waals surface area contributed by atoms with Crippen molar-refractivity contribution in [1.82, 2.24) is 4.90 Å². The molecule has 0 aliphatic carbocycles. The van der Waals surface area contributed by atoms with E-state index in [9.17, 15) is 9.59 Å². The number of thiocarbonyl (C=S) groups is 1. The van der Waals surface area contributed by atoms with Crippen LogP contribution in [0.5, 0.6) is 0 Å². The Labute approximate surface area is 183 Å². The van der Waals surface area contributed by atoms with E-state index in [1.54, 1.807) is 9.80 Å². The van der Waals surface area contributed by atoms with E-state index in [4.69, 9.17) is 17.0 Å². The predicted molar refractivity (Wildman–Crippen MR) is 121 cm³/mol. The van der Waals surface area contributed by atoms with Crippen molar-refractivity contribution >= 4 is 67.3 Å². The van der Waals surface area contributed by atoms with Gasteiger partial charge >= 0.3 is 0 Å². The number of carbonyl (C=O) groups excluding carboxylic acids is 2. The number of hydrogen-bond acceptors (Lipinski definition) is 5. The highest BCUT2D eigenvalue weighted by Gasteiger charge is 2.41. The fourth-order valence-corrected chi connectivity index (χ4v) is 5.01. The number of carbonyl (C=O) groups is 2. The number of unbranched alkanes of at least 4 members (excludes halogenated alkanes) is 1. The van der Waals surface area contributed by atoms with E-state index >= 15 is 0 Å². The molecule has 8 heteroatoms. The zero-order valence-corrected chi connectivity index (χ0v) is 19.2. The van der Waals surface area contributed by atoms with E-state index in [0.717, 1.165) is 28.6 Å². The molecule has 28 heavy (non-hydrogen) atoms. The largest absolute Gasteiger partial charge is 0.382 e. The molecule has 0 saturated carbocycles. The van der Waals surface area contributed by atoms with E-state index in [1.807, 2.05) is 25.1 Å². The highest BCUT2D eigenvalue weighted by molar-refractivity contribution is 9.10. The Morgan fingerprint density at radius 2 is 1.86 bits per heavy atom. The molecule has 0 radical (unpaired) electrons. The number of benzene rings is 1. The second-order valence-corrected chi connectivity index (χ2v) is 9.11. The molecular formula is C20H23BrN2O3S2. The Hall–Kier alpha value is -1.22.